The Hall–Kier alpha value is -6.20. The predicted octanol–water partition coefficient (Wildman–Crippen LogP) is 16.4. The fourth-order valence-electron chi connectivity index (χ4n) is 10.9. The third-order valence-electron chi connectivity index (χ3n) is 13.6. The number of benzene rings is 8. The minimum absolute atomic E-state index is 1.01. The zero-order chi connectivity index (χ0) is 39.3. The molecule has 0 saturated carbocycles. The number of thiophene rings is 2. The molecule has 60 heavy (non-hydrogen) atoms. The van der Waals surface area contributed by atoms with Crippen LogP contribution in [0, 0.1) is 0 Å². The van der Waals surface area contributed by atoms with Gasteiger partial charge in [0.1, 0.15) is 0 Å². The second-order valence-corrected chi connectivity index (χ2v) is 18.9. The molecule has 0 spiro atoms. The van der Waals surface area contributed by atoms with Crippen molar-refractivity contribution >= 4 is 102 Å². The predicted molar refractivity (Wildman–Crippen MR) is 262 cm³/mol. The molecule has 0 fully saturated rings. The van der Waals surface area contributed by atoms with Crippen molar-refractivity contribution in [1.29, 1.82) is 0 Å². The largest absolute Gasteiger partial charge is 0.345 e. The van der Waals surface area contributed by atoms with E-state index < -0.39 is 0 Å². The summed E-state index contributed by atoms with van der Waals surface area (Å²) < 4.78 is 5.40. The van der Waals surface area contributed by atoms with Crippen LogP contribution >= 0.6 is 22.7 Å². The van der Waals surface area contributed by atoms with E-state index in [1.54, 1.807) is 0 Å². The first-order valence-electron chi connectivity index (χ1n) is 21.6. The molecule has 0 amide bonds. The maximum absolute atomic E-state index is 2.65. The second-order valence-electron chi connectivity index (χ2n) is 16.8. The van der Waals surface area contributed by atoms with Crippen LogP contribution in [0.5, 0.6) is 0 Å². The molecule has 0 unspecified atom stereocenters. The highest BCUT2D eigenvalue weighted by atomic mass is 32.1. The summed E-state index contributed by atoms with van der Waals surface area (Å²) in [5.74, 6) is 0. The van der Waals surface area contributed by atoms with Gasteiger partial charge in [-0.1, -0.05) is 115 Å². The molecule has 1 aliphatic carbocycles. The first kappa shape index (κ1) is 34.6. The molecular formula is C56H42N2S2. The molecule has 0 saturated heterocycles. The molecule has 2 aliphatic heterocycles. The van der Waals surface area contributed by atoms with Crippen LogP contribution in [0.2, 0.25) is 0 Å². The molecule has 4 heterocycles. The second kappa shape index (κ2) is 13.7. The minimum Gasteiger partial charge on any atom is -0.345 e. The lowest BCUT2D eigenvalue weighted by Gasteiger charge is -2.35. The number of nitrogens with zero attached hydrogens (tertiary/aromatic N) is 2. The van der Waals surface area contributed by atoms with E-state index in [0.29, 0.717) is 0 Å². The Kier molecular flexibility index (Phi) is 7.89. The Morgan fingerprint density at radius 2 is 1.00 bits per heavy atom. The third-order valence-corrected chi connectivity index (χ3v) is 16.0. The van der Waals surface area contributed by atoms with Gasteiger partial charge in [-0.25, -0.2) is 0 Å². The number of hydrogen-bond acceptors (Lipinski definition) is 4. The highest BCUT2D eigenvalue weighted by Gasteiger charge is 2.27. The highest BCUT2D eigenvalue weighted by Crippen LogP contribution is 2.52. The Morgan fingerprint density at radius 1 is 0.433 bits per heavy atom. The molecule has 2 nitrogen and oxygen atoms in total. The van der Waals surface area contributed by atoms with Crippen LogP contribution in [0.1, 0.15) is 37.7 Å². The zero-order valence-electron chi connectivity index (χ0n) is 33.4. The number of allylic oxidation sites excluding steroid dienone is 4. The number of hydrogen-bond donors (Lipinski definition) is 0. The van der Waals surface area contributed by atoms with Crippen molar-refractivity contribution < 1.29 is 0 Å². The zero-order valence-corrected chi connectivity index (χ0v) is 35.0. The van der Waals surface area contributed by atoms with Crippen LogP contribution in [0.4, 0.5) is 17.1 Å². The average molecular weight is 807 g/mol. The van der Waals surface area contributed by atoms with Gasteiger partial charge in [-0.15, -0.1) is 22.7 Å². The molecule has 2 aromatic heterocycles. The number of para-hydroxylation sites is 1. The molecule has 0 N–H and O–H groups in total. The van der Waals surface area contributed by atoms with Gasteiger partial charge >= 0.3 is 0 Å². The SMILES string of the molecule is C1=CC2=C(CC1)N(c1ccc3c(-c4cccc5c4sc4ccccc45)c4cc(N5CCCc6ccccc65)ccc4c(-c4cccc5c4sc4ccccc45)c3c1)CCC2. The number of anilines is 3. The summed E-state index contributed by atoms with van der Waals surface area (Å²) in [6.07, 6.45) is 11.6. The summed E-state index contributed by atoms with van der Waals surface area (Å²) in [5, 5.41) is 10.6. The molecule has 4 heteroatoms. The fourth-order valence-corrected chi connectivity index (χ4v) is 13.3. The highest BCUT2D eigenvalue weighted by molar-refractivity contribution is 7.26. The van der Waals surface area contributed by atoms with E-state index in [1.165, 1.54) is 131 Å². The number of rotatable bonds is 4. The van der Waals surface area contributed by atoms with Crippen LogP contribution in [0.25, 0.3) is 84.1 Å². The monoisotopic (exact) mass is 806 g/mol. The smallest absolute Gasteiger partial charge is 0.0443 e. The lowest BCUT2D eigenvalue weighted by Crippen LogP contribution is -2.29. The van der Waals surface area contributed by atoms with Crippen LogP contribution in [-0.4, -0.2) is 13.1 Å². The first-order valence-corrected chi connectivity index (χ1v) is 23.3. The van der Waals surface area contributed by atoms with Gasteiger partial charge in [-0.05, 0) is 125 Å². The van der Waals surface area contributed by atoms with Crippen molar-refractivity contribution in [3.63, 3.8) is 0 Å². The summed E-state index contributed by atoms with van der Waals surface area (Å²) in [7, 11) is 0. The van der Waals surface area contributed by atoms with Crippen molar-refractivity contribution in [2.45, 2.75) is 38.5 Å². The van der Waals surface area contributed by atoms with Crippen molar-refractivity contribution in [2.24, 2.45) is 0 Å². The fraction of sp³-hybridized carbons (Fsp3) is 0.143. The molecule has 13 rings (SSSR count). The summed E-state index contributed by atoms with van der Waals surface area (Å²) in [5.41, 5.74) is 13.7. The Bertz CT molecular complexity index is 3470. The number of aryl methyl sites for hydroxylation is 1. The van der Waals surface area contributed by atoms with Crippen molar-refractivity contribution in [3.05, 3.63) is 175 Å². The molecule has 10 aromatic rings. The van der Waals surface area contributed by atoms with Gasteiger partial charge in [0, 0.05) is 87.3 Å². The number of fused-ring (bicyclic) bond motifs is 9. The standard InChI is InChI=1S/C56H42N2S2/c1-5-23-49-35(13-1)15-11-31-57(49)37-27-29-41-47(33-37)53(45-21-9-19-43-39-17-3-7-25-51(39)59-55(43)45)42-30-28-38(58-32-12-16-36-14-2-6-24-50(36)58)34-48(42)54(41)46-22-10-20-44-40-18-4-8-26-52(40)60-56(44)46/h1-5,7-10,13-14,17-23,25-30,33-34H,6,11-12,15-16,24,31-32H2. The van der Waals surface area contributed by atoms with E-state index >= 15 is 0 Å². The van der Waals surface area contributed by atoms with Gasteiger partial charge in [0.05, 0.1) is 0 Å². The van der Waals surface area contributed by atoms with Crippen LogP contribution < -0.4 is 9.80 Å². The molecule has 0 atom stereocenters. The van der Waals surface area contributed by atoms with Crippen molar-refractivity contribution in [3.8, 4) is 22.3 Å². The van der Waals surface area contributed by atoms with E-state index in [0.717, 1.165) is 38.8 Å². The van der Waals surface area contributed by atoms with Gasteiger partial charge < -0.3 is 9.80 Å². The Labute approximate surface area is 357 Å². The average Bonchev–Trinajstić information content (AvgIpc) is 3.89. The van der Waals surface area contributed by atoms with Crippen molar-refractivity contribution in [1.82, 2.24) is 0 Å². The normalized spacial score (nSPS) is 15.6. The quantitative estimate of drug-likeness (QED) is 0.163. The Morgan fingerprint density at radius 3 is 1.68 bits per heavy atom. The summed E-state index contributed by atoms with van der Waals surface area (Å²) >= 11 is 3.88. The van der Waals surface area contributed by atoms with E-state index in [9.17, 15) is 0 Å². The first-order chi connectivity index (χ1) is 29.8. The molecule has 3 aliphatic rings. The molecule has 0 bridgehead atoms. The lowest BCUT2D eigenvalue weighted by atomic mass is 9.84. The third kappa shape index (κ3) is 5.23. The van der Waals surface area contributed by atoms with Crippen molar-refractivity contribution in [2.75, 3.05) is 22.9 Å². The van der Waals surface area contributed by atoms with Crippen LogP contribution in [0.15, 0.2) is 169 Å². The summed E-state index contributed by atoms with van der Waals surface area (Å²) in [4.78, 5) is 5.22. The Balaban J connectivity index is 1.17. The van der Waals surface area contributed by atoms with Crippen LogP contribution in [0.3, 0.4) is 0 Å². The maximum atomic E-state index is 2.65. The lowest BCUT2D eigenvalue weighted by molar-refractivity contribution is 0.692. The van der Waals surface area contributed by atoms with Gasteiger partial charge in [-0.2, -0.15) is 0 Å². The van der Waals surface area contributed by atoms with Gasteiger partial charge in [0.2, 0.25) is 0 Å². The molecule has 8 aromatic carbocycles. The van der Waals surface area contributed by atoms with Gasteiger partial charge in [0.25, 0.3) is 0 Å². The topological polar surface area (TPSA) is 6.48 Å². The van der Waals surface area contributed by atoms with E-state index in [2.05, 4.69) is 168 Å². The maximum Gasteiger partial charge on any atom is 0.0443 e. The van der Waals surface area contributed by atoms with E-state index in [-0.39, 0.29) is 0 Å². The molecule has 288 valence electrons. The van der Waals surface area contributed by atoms with E-state index in [1.807, 2.05) is 22.7 Å². The van der Waals surface area contributed by atoms with Crippen LogP contribution in [-0.2, 0) is 6.42 Å². The minimum atomic E-state index is 1.01. The van der Waals surface area contributed by atoms with E-state index in [4.69, 9.17) is 0 Å². The molecule has 0 radical (unpaired) electrons. The van der Waals surface area contributed by atoms with Gasteiger partial charge in [0.15, 0.2) is 0 Å². The summed E-state index contributed by atoms with van der Waals surface area (Å²) in [6.45, 7) is 2.07. The summed E-state index contributed by atoms with van der Waals surface area (Å²) in [6, 6.07) is 55.8. The van der Waals surface area contributed by atoms with Gasteiger partial charge in [-0.3, -0.25) is 0 Å². The molecular weight excluding hydrogens is 765 g/mol.